The van der Waals surface area contributed by atoms with Gasteiger partial charge in [-0.2, -0.15) is 0 Å². The van der Waals surface area contributed by atoms with E-state index >= 15 is 0 Å². The van der Waals surface area contributed by atoms with Gasteiger partial charge in [0.2, 0.25) is 0 Å². The highest BCUT2D eigenvalue weighted by Gasteiger charge is 2.19. The molecular weight excluding hydrogens is 913 g/mol. The molecule has 0 aliphatic heterocycles. The molecule has 0 saturated heterocycles. The van der Waals surface area contributed by atoms with Gasteiger partial charge in [0.1, 0.15) is 13.2 Å². The summed E-state index contributed by atoms with van der Waals surface area (Å²) in [5, 5.41) is 0. The molecule has 0 heterocycles. The molecule has 0 aromatic heterocycles. The third-order valence-corrected chi connectivity index (χ3v) is 13.6. The Morgan fingerprint density at radius 1 is 0.284 bits per heavy atom. The van der Waals surface area contributed by atoms with Gasteiger partial charge in [0.05, 0.1) is 0 Å². The number of rotatable bonds is 57. The van der Waals surface area contributed by atoms with Crippen molar-refractivity contribution >= 4 is 17.9 Å². The fraction of sp³-hybridized carbons (Fsp3) is 0.750. The molecule has 0 rings (SSSR count). The molecule has 0 spiro atoms. The van der Waals surface area contributed by atoms with Crippen LogP contribution >= 0.6 is 0 Å². The molecule has 74 heavy (non-hydrogen) atoms. The van der Waals surface area contributed by atoms with E-state index in [1.807, 2.05) is 0 Å². The number of unbranched alkanes of at least 4 members (excludes halogenated alkanes) is 32. The van der Waals surface area contributed by atoms with Crippen molar-refractivity contribution in [3.05, 3.63) is 85.1 Å². The summed E-state index contributed by atoms with van der Waals surface area (Å²) in [5.41, 5.74) is 0. The minimum atomic E-state index is -0.797. The Balaban J connectivity index is 4.34. The largest absolute Gasteiger partial charge is 0.462 e. The highest BCUT2D eigenvalue weighted by molar-refractivity contribution is 5.71. The van der Waals surface area contributed by atoms with Crippen LogP contribution in [-0.2, 0) is 28.6 Å². The molecule has 0 aromatic rings. The molecule has 0 aromatic carbocycles. The van der Waals surface area contributed by atoms with Gasteiger partial charge < -0.3 is 14.2 Å². The molecule has 1 unspecified atom stereocenters. The van der Waals surface area contributed by atoms with Gasteiger partial charge in [0.15, 0.2) is 6.10 Å². The van der Waals surface area contributed by atoms with Crippen LogP contribution in [0.3, 0.4) is 0 Å². The van der Waals surface area contributed by atoms with Gasteiger partial charge in [-0.3, -0.25) is 14.4 Å². The lowest BCUT2D eigenvalue weighted by molar-refractivity contribution is -0.167. The number of carbonyl (C=O) groups is 3. The number of ether oxygens (including phenoxy) is 3. The number of hydrogen-bond donors (Lipinski definition) is 0. The summed E-state index contributed by atoms with van der Waals surface area (Å²) in [4.78, 5) is 38.3. The number of allylic oxidation sites excluding steroid dienone is 14. The second-order valence-corrected chi connectivity index (χ2v) is 20.9. The van der Waals surface area contributed by atoms with Crippen LogP contribution in [0, 0.1) is 0 Å². The van der Waals surface area contributed by atoms with Gasteiger partial charge in [-0.1, -0.05) is 286 Å². The summed E-state index contributed by atoms with van der Waals surface area (Å²) < 4.78 is 16.9. The van der Waals surface area contributed by atoms with Crippen molar-refractivity contribution < 1.29 is 28.6 Å². The molecule has 0 bridgehead atoms. The maximum Gasteiger partial charge on any atom is 0.306 e. The Bertz CT molecular complexity index is 1420. The highest BCUT2D eigenvalue weighted by atomic mass is 16.6. The van der Waals surface area contributed by atoms with E-state index in [-0.39, 0.29) is 31.1 Å². The fourth-order valence-electron chi connectivity index (χ4n) is 8.98. The van der Waals surface area contributed by atoms with E-state index in [1.165, 1.54) is 135 Å². The zero-order valence-corrected chi connectivity index (χ0v) is 48.8. The van der Waals surface area contributed by atoms with Crippen molar-refractivity contribution in [3.8, 4) is 0 Å². The van der Waals surface area contributed by atoms with Gasteiger partial charge >= 0.3 is 17.9 Å². The molecule has 0 fully saturated rings. The second kappa shape index (κ2) is 62.1. The Labute approximate surface area is 458 Å². The maximum absolute atomic E-state index is 12.9. The average molecular weight is 1030 g/mol. The molecule has 0 aliphatic rings. The van der Waals surface area contributed by atoms with Crippen LogP contribution in [0.1, 0.15) is 310 Å². The Morgan fingerprint density at radius 3 is 0.824 bits per heavy atom. The summed E-state index contributed by atoms with van der Waals surface area (Å²) >= 11 is 0. The summed E-state index contributed by atoms with van der Waals surface area (Å²) in [7, 11) is 0. The fourth-order valence-corrected chi connectivity index (χ4v) is 8.98. The van der Waals surface area contributed by atoms with Crippen molar-refractivity contribution in [2.24, 2.45) is 0 Å². The van der Waals surface area contributed by atoms with E-state index in [9.17, 15) is 14.4 Å². The molecule has 0 aliphatic carbocycles. The third kappa shape index (κ3) is 59.5. The van der Waals surface area contributed by atoms with Gasteiger partial charge in [0.25, 0.3) is 0 Å². The van der Waals surface area contributed by atoms with Crippen molar-refractivity contribution in [1.29, 1.82) is 0 Å². The Morgan fingerprint density at radius 2 is 0.527 bits per heavy atom. The average Bonchev–Trinajstić information content (AvgIpc) is 3.40. The molecule has 1 atom stereocenters. The van der Waals surface area contributed by atoms with Crippen LogP contribution in [0.15, 0.2) is 85.1 Å². The zero-order chi connectivity index (χ0) is 53.6. The molecule has 0 N–H and O–H groups in total. The normalized spacial score (nSPS) is 12.6. The third-order valence-electron chi connectivity index (χ3n) is 13.6. The second-order valence-electron chi connectivity index (χ2n) is 20.9. The van der Waals surface area contributed by atoms with Gasteiger partial charge in [-0.15, -0.1) is 0 Å². The van der Waals surface area contributed by atoms with Crippen molar-refractivity contribution in [3.63, 3.8) is 0 Å². The van der Waals surface area contributed by atoms with E-state index in [1.54, 1.807) is 0 Å². The monoisotopic (exact) mass is 1030 g/mol. The smallest absolute Gasteiger partial charge is 0.306 e. The number of esters is 3. The van der Waals surface area contributed by atoms with E-state index in [0.29, 0.717) is 19.3 Å². The first kappa shape index (κ1) is 70.6. The zero-order valence-electron chi connectivity index (χ0n) is 48.8. The lowest BCUT2D eigenvalue weighted by Crippen LogP contribution is -2.30. The molecule has 0 amide bonds. The number of carbonyl (C=O) groups excluding carboxylic acids is 3. The topological polar surface area (TPSA) is 78.9 Å². The molecule has 0 saturated carbocycles. The summed E-state index contributed by atoms with van der Waals surface area (Å²) in [6.07, 6.45) is 81.7. The van der Waals surface area contributed by atoms with E-state index in [4.69, 9.17) is 14.2 Å². The lowest BCUT2D eigenvalue weighted by Gasteiger charge is -2.18. The van der Waals surface area contributed by atoms with Crippen LogP contribution in [0.25, 0.3) is 0 Å². The van der Waals surface area contributed by atoms with Crippen molar-refractivity contribution in [1.82, 2.24) is 0 Å². The standard InChI is InChI=1S/C68H118O6/c1-4-7-10-13-16-19-22-25-28-30-31-32-33-34-35-36-38-40-43-46-49-52-55-58-61-67(70)73-64-65(63-72-66(69)60-57-54-51-48-45-42-39-27-24-21-18-15-12-9-6-3)74-68(71)62-59-56-53-50-47-44-41-37-29-26-23-20-17-14-11-8-5-2/h8-9,11-12,17-18,20-21,26-27,29,39,41,44,65H,4-7,10,13-16,19,22-25,28,30-38,40,42-43,45-64H2,1-3H3/b11-8-,12-9-,20-17-,21-18-,29-26-,39-27-,44-41-. The first-order valence-electron chi connectivity index (χ1n) is 31.6. The molecule has 6 nitrogen and oxygen atoms in total. The van der Waals surface area contributed by atoms with Crippen LogP contribution in [0.5, 0.6) is 0 Å². The van der Waals surface area contributed by atoms with E-state index < -0.39 is 6.10 Å². The highest BCUT2D eigenvalue weighted by Crippen LogP contribution is 2.17. The Hall–Kier alpha value is -3.41. The van der Waals surface area contributed by atoms with E-state index in [0.717, 1.165) is 135 Å². The van der Waals surface area contributed by atoms with Crippen molar-refractivity contribution in [2.45, 2.75) is 316 Å². The molecular formula is C68H118O6. The molecule has 0 radical (unpaired) electrons. The SMILES string of the molecule is CC/C=C\C/C=C\C/C=C\C/C=C\CCCCCCC(=O)OC(COC(=O)CCCCCCC/C=C\C/C=C\C/C=C\CC)COC(=O)CCCCCCCCCCCCCCCCCCCCCCCCCC. The van der Waals surface area contributed by atoms with E-state index in [2.05, 4.69) is 106 Å². The van der Waals surface area contributed by atoms with Gasteiger partial charge in [-0.25, -0.2) is 0 Å². The number of hydrogen-bond acceptors (Lipinski definition) is 6. The molecule has 426 valence electrons. The predicted octanol–water partition coefficient (Wildman–Crippen LogP) is 21.5. The minimum absolute atomic E-state index is 0.0901. The van der Waals surface area contributed by atoms with Crippen molar-refractivity contribution in [2.75, 3.05) is 13.2 Å². The van der Waals surface area contributed by atoms with Crippen LogP contribution in [0.4, 0.5) is 0 Å². The first-order valence-corrected chi connectivity index (χ1v) is 31.6. The lowest BCUT2D eigenvalue weighted by atomic mass is 10.0. The summed E-state index contributed by atoms with van der Waals surface area (Å²) in [6.45, 7) is 6.42. The van der Waals surface area contributed by atoms with Crippen LogP contribution in [0.2, 0.25) is 0 Å². The van der Waals surface area contributed by atoms with Crippen LogP contribution in [-0.4, -0.2) is 37.2 Å². The maximum atomic E-state index is 12.9. The van der Waals surface area contributed by atoms with Gasteiger partial charge in [0, 0.05) is 19.3 Å². The summed E-state index contributed by atoms with van der Waals surface area (Å²) in [6, 6.07) is 0. The first-order chi connectivity index (χ1) is 36.5. The molecule has 6 heteroatoms. The minimum Gasteiger partial charge on any atom is -0.462 e. The van der Waals surface area contributed by atoms with Gasteiger partial charge in [-0.05, 0) is 89.9 Å². The Kier molecular flexibility index (Phi) is 59.3. The predicted molar refractivity (Wildman–Crippen MR) is 321 cm³/mol. The summed E-state index contributed by atoms with van der Waals surface area (Å²) in [5.74, 6) is -0.920. The van der Waals surface area contributed by atoms with Crippen LogP contribution < -0.4 is 0 Å². The quantitative estimate of drug-likeness (QED) is 0.0261.